The average molecular weight is 699 g/mol. The summed E-state index contributed by atoms with van der Waals surface area (Å²) in [6.07, 6.45) is 14.1. The lowest BCUT2D eigenvalue weighted by atomic mass is 10.00. The normalized spacial score (nSPS) is 22.5. The van der Waals surface area contributed by atoms with Gasteiger partial charge in [0.2, 0.25) is 11.8 Å². The molecule has 0 saturated carbocycles. The Morgan fingerprint density at radius 2 is 0.962 bits per heavy atom. The zero-order chi connectivity index (χ0) is 35.3. The highest BCUT2D eigenvalue weighted by Crippen LogP contribution is 2.37. The van der Waals surface area contributed by atoms with Crippen LogP contribution in [-0.2, 0) is 9.59 Å². The number of aromatic nitrogens is 4. The Bertz CT molecular complexity index is 1730. The van der Waals surface area contributed by atoms with Crippen LogP contribution in [0, 0.1) is 11.8 Å². The first kappa shape index (κ1) is 34.4. The number of rotatable bonds is 8. The van der Waals surface area contributed by atoms with Crippen LogP contribution >= 0.6 is 0 Å². The van der Waals surface area contributed by atoms with Crippen LogP contribution in [0.5, 0.6) is 0 Å². The fourth-order valence-corrected chi connectivity index (χ4v) is 8.86. The third-order valence-electron chi connectivity index (χ3n) is 11.4. The Morgan fingerprint density at radius 1 is 0.558 bits per heavy atom. The highest BCUT2D eigenvalue weighted by atomic mass is 16.2. The lowest BCUT2D eigenvalue weighted by Crippen LogP contribution is -2.44. The molecule has 4 aromatic rings. The standard InChI is InChI=1S/C42H50N8O2/c51-41(37(31-15-5-1-6-16-31)47-23-9-3-10-24-47)49-27-13-19-35(49)39-43-29-33(45-39)21-22-34-30-44-40(46-34)36-20-14-28-50(36)42(52)38(32-17-7-2-8-18-32)48-25-11-4-12-26-48/h1-2,5-8,15-18,29-30,35-38H,3-4,9-14,19-20,23-28H2,(H,43,45)(H,44,46)/t35-,36-,37+,38+/m0/s1. The highest BCUT2D eigenvalue weighted by Gasteiger charge is 2.40. The lowest BCUT2D eigenvalue weighted by molar-refractivity contribution is -0.139. The summed E-state index contributed by atoms with van der Waals surface area (Å²) in [5, 5.41) is 0. The largest absolute Gasteiger partial charge is 0.334 e. The Morgan fingerprint density at radius 3 is 1.37 bits per heavy atom. The molecule has 2 aromatic carbocycles. The molecule has 4 saturated heterocycles. The molecule has 10 nitrogen and oxygen atoms in total. The maximum atomic E-state index is 14.3. The van der Waals surface area contributed by atoms with E-state index >= 15 is 0 Å². The van der Waals surface area contributed by atoms with Gasteiger partial charge in [-0.3, -0.25) is 19.4 Å². The van der Waals surface area contributed by atoms with E-state index in [0.29, 0.717) is 11.4 Å². The highest BCUT2D eigenvalue weighted by molar-refractivity contribution is 5.84. The van der Waals surface area contributed by atoms with Crippen LogP contribution in [-0.4, -0.2) is 90.6 Å². The first-order valence-electron chi connectivity index (χ1n) is 19.4. The molecule has 4 aliphatic heterocycles. The Labute approximate surface area is 307 Å². The fourth-order valence-electron chi connectivity index (χ4n) is 8.86. The zero-order valence-corrected chi connectivity index (χ0v) is 30.1. The van der Waals surface area contributed by atoms with E-state index in [1.54, 1.807) is 12.4 Å². The summed E-state index contributed by atoms with van der Waals surface area (Å²) >= 11 is 0. The van der Waals surface area contributed by atoms with E-state index in [4.69, 9.17) is 9.97 Å². The Balaban J connectivity index is 0.961. The molecule has 2 N–H and O–H groups in total. The minimum atomic E-state index is -0.272. The number of carbonyl (C=O) groups is 2. The van der Waals surface area contributed by atoms with E-state index < -0.39 is 0 Å². The number of piperidine rings is 2. The quantitative estimate of drug-likeness (QED) is 0.209. The van der Waals surface area contributed by atoms with E-state index in [-0.39, 0.29) is 36.0 Å². The molecule has 4 atom stereocenters. The van der Waals surface area contributed by atoms with Crippen LogP contribution in [0.1, 0.15) is 123 Å². The van der Waals surface area contributed by atoms with Gasteiger partial charge in [-0.25, -0.2) is 9.97 Å². The number of carbonyl (C=O) groups excluding carboxylic acids is 2. The SMILES string of the molecule is O=C([C@@H](c1ccccc1)N1CCCCC1)N1CCC[C@H]1c1ncc(C#Cc2cnc([C@@H]3CCCN3C(=O)[C@@H](c3ccccc3)N3CCCCC3)[nH]2)[nH]1. The van der Waals surface area contributed by atoms with Gasteiger partial charge >= 0.3 is 0 Å². The van der Waals surface area contributed by atoms with Crippen molar-refractivity contribution in [2.45, 2.75) is 88.4 Å². The average Bonchev–Trinajstić information content (AvgIpc) is 4.03. The number of nitrogens with zero attached hydrogens (tertiary/aromatic N) is 6. The molecular formula is C42H50N8O2. The third-order valence-corrected chi connectivity index (χ3v) is 11.4. The zero-order valence-electron chi connectivity index (χ0n) is 30.1. The molecule has 0 radical (unpaired) electrons. The van der Waals surface area contributed by atoms with E-state index in [1.165, 1.54) is 12.8 Å². The van der Waals surface area contributed by atoms with Crippen LogP contribution in [0.15, 0.2) is 73.1 Å². The van der Waals surface area contributed by atoms with Crippen molar-refractivity contribution in [2.24, 2.45) is 0 Å². The minimum Gasteiger partial charge on any atom is -0.334 e. The predicted octanol–water partition coefficient (Wildman–Crippen LogP) is 6.31. The van der Waals surface area contributed by atoms with E-state index in [9.17, 15) is 9.59 Å². The Hall–Kier alpha value is -4.72. The number of imidazole rings is 2. The van der Waals surface area contributed by atoms with Gasteiger partial charge in [0.15, 0.2) is 0 Å². The molecule has 270 valence electrons. The molecule has 4 fully saturated rings. The molecule has 52 heavy (non-hydrogen) atoms. The van der Waals surface area contributed by atoms with Crippen LogP contribution < -0.4 is 0 Å². The van der Waals surface area contributed by atoms with E-state index in [2.05, 4.69) is 55.9 Å². The molecule has 0 spiro atoms. The molecule has 0 bridgehead atoms. The van der Waals surface area contributed by atoms with Gasteiger partial charge in [0.25, 0.3) is 0 Å². The number of hydrogen-bond donors (Lipinski definition) is 2. The monoisotopic (exact) mass is 698 g/mol. The second kappa shape index (κ2) is 15.9. The van der Waals surface area contributed by atoms with Crippen LogP contribution in [0.25, 0.3) is 0 Å². The predicted molar refractivity (Wildman–Crippen MR) is 200 cm³/mol. The number of amides is 2. The van der Waals surface area contributed by atoms with Crippen molar-refractivity contribution >= 4 is 11.8 Å². The van der Waals surface area contributed by atoms with Crippen molar-refractivity contribution in [3.63, 3.8) is 0 Å². The van der Waals surface area contributed by atoms with Crippen molar-refractivity contribution in [3.05, 3.63) is 107 Å². The molecule has 2 amide bonds. The minimum absolute atomic E-state index is 0.103. The van der Waals surface area contributed by atoms with Gasteiger partial charge in [-0.2, -0.15) is 0 Å². The fraction of sp³-hybridized carbons (Fsp3) is 0.476. The third kappa shape index (κ3) is 7.30. The smallest absolute Gasteiger partial charge is 0.245 e. The number of nitrogens with one attached hydrogen (secondary N) is 2. The van der Waals surface area contributed by atoms with Gasteiger partial charge < -0.3 is 19.8 Å². The second-order valence-electron chi connectivity index (χ2n) is 14.8. The topological polar surface area (TPSA) is 104 Å². The summed E-state index contributed by atoms with van der Waals surface area (Å²) < 4.78 is 0. The van der Waals surface area contributed by atoms with Crippen molar-refractivity contribution in [2.75, 3.05) is 39.3 Å². The number of H-pyrrole nitrogens is 2. The maximum Gasteiger partial charge on any atom is 0.245 e. The van der Waals surface area contributed by atoms with Crippen LogP contribution in [0.4, 0.5) is 0 Å². The molecule has 6 heterocycles. The molecule has 4 aliphatic rings. The maximum absolute atomic E-state index is 14.3. The second-order valence-corrected chi connectivity index (χ2v) is 14.8. The van der Waals surface area contributed by atoms with Crippen LogP contribution in [0.2, 0.25) is 0 Å². The molecule has 2 aromatic heterocycles. The van der Waals surface area contributed by atoms with Gasteiger partial charge in [0, 0.05) is 13.1 Å². The summed E-state index contributed by atoms with van der Waals surface area (Å²) in [7, 11) is 0. The van der Waals surface area contributed by atoms with E-state index in [0.717, 1.165) is 113 Å². The first-order valence-corrected chi connectivity index (χ1v) is 19.4. The van der Waals surface area contributed by atoms with Gasteiger partial charge in [-0.1, -0.05) is 73.5 Å². The molecule has 0 unspecified atom stereocenters. The Kier molecular flexibility index (Phi) is 10.5. The summed E-state index contributed by atoms with van der Waals surface area (Å²) in [5.74, 6) is 8.36. The number of benzene rings is 2. The summed E-state index contributed by atoms with van der Waals surface area (Å²) in [6, 6.07) is 19.7. The van der Waals surface area contributed by atoms with Gasteiger partial charge in [0.1, 0.15) is 35.1 Å². The summed E-state index contributed by atoms with van der Waals surface area (Å²) in [6.45, 7) is 5.24. The van der Waals surface area contributed by atoms with Crippen molar-refractivity contribution < 1.29 is 9.59 Å². The molecular weight excluding hydrogens is 649 g/mol. The molecule has 0 aliphatic carbocycles. The lowest BCUT2D eigenvalue weighted by Gasteiger charge is -2.37. The van der Waals surface area contributed by atoms with Crippen molar-refractivity contribution in [1.29, 1.82) is 0 Å². The van der Waals surface area contributed by atoms with Gasteiger partial charge in [-0.05, 0) is 101 Å². The molecule has 10 heteroatoms. The number of likely N-dealkylation sites (tertiary alicyclic amines) is 4. The number of hydrogen-bond acceptors (Lipinski definition) is 6. The number of aromatic amines is 2. The first-order chi connectivity index (χ1) is 25.6. The van der Waals surface area contributed by atoms with Gasteiger partial charge in [-0.15, -0.1) is 0 Å². The summed E-state index contributed by atoms with van der Waals surface area (Å²) in [5.41, 5.74) is 3.53. The van der Waals surface area contributed by atoms with Crippen molar-refractivity contribution in [3.8, 4) is 11.8 Å². The van der Waals surface area contributed by atoms with E-state index in [1.807, 2.05) is 46.2 Å². The van der Waals surface area contributed by atoms with Crippen molar-refractivity contribution in [1.82, 2.24) is 39.5 Å². The molecule has 8 rings (SSSR count). The summed E-state index contributed by atoms with van der Waals surface area (Å²) in [4.78, 5) is 53.7. The van der Waals surface area contributed by atoms with Gasteiger partial charge in [0.05, 0.1) is 24.5 Å². The van der Waals surface area contributed by atoms with Crippen LogP contribution in [0.3, 0.4) is 0 Å².